The summed E-state index contributed by atoms with van der Waals surface area (Å²) in [6, 6.07) is 4.75. The van der Waals surface area contributed by atoms with Crippen LogP contribution in [0.5, 0.6) is 0 Å². The first-order valence-corrected chi connectivity index (χ1v) is 9.10. The molecule has 7 nitrogen and oxygen atoms in total. The van der Waals surface area contributed by atoms with Crippen LogP contribution in [-0.2, 0) is 4.79 Å². The zero-order valence-electron chi connectivity index (χ0n) is 14.5. The number of piperidine rings is 1. The molecule has 1 atom stereocenters. The summed E-state index contributed by atoms with van der Waals surface area (Å²) in [7, 11) is 0. The molecule has 0 radical (unpaired) electrons. The van der Waals surface area contributed by atoms with Crippen LogP contribution in [0.25, 0.3) is 0 Å². The van der Waals surface area contributed by atoms with Crippen molar-refractivity contribution in [3.05, 3.63) is 24.0 Å². The Kier molecular flexibility index (Phi) is 4.44. The minimum atomic E-state index is -0.766. The molecule has 1 aromatic carbocycles. The molecule has 3 fully saturated rings. The molecule has 2 amide bonds. The van der Waals surface area contributed by atoms with E-state index in [0.717, 1.165) is 13.1 Å². The second-order valence-electron chi connectivity index (χ2n) is 7.21. The number of fused-ring (bicyclic) bond motifs is 1. The predicted molar refractivity (Wildman–Crippen MR) is 95.1 cm³/mol. The van der Waals surface area contributed by atoms with E-state index in [4.69, 9.17) is 5.11 Å². The third-order valence-electron chi connectivity index (χ3n) is 5.61. The number of piperazine rings is 1. The van der Waals surface area contributed by atoms with Gasteiger partial charge in [0.25, 0.3) is 0 Å². The van der Waals surface area contributed by atoms with E-state index in [2.05, 4.69) is 5.32 Å². The van der Waals surface area contributed by atoms with Crippen LogP contribution in [0.3, 0.4) is 0 Å². The molecule has 140 valence electrons. The third-order valence-corrected chi connectivity index (χ3v) is 5.61. The summed E-state index contributed by atoms with van der Waals surface area (Å²) in [6.07, 6.45) is 1.09. The molecule has 0 aromatic heterocycles. The van der Waals surface area contributed by atoms with Crippen LogP contribution in [0.2, 0.25) is 0 Å². The maximum Gasteiger partial charge on any atom is 0.324 e. The first-order valence-electron chi connectivity index (χ1n) is 9.10. The minimum Gasteiger partial charge on any atom is -0.481 e. The van der Waals surface area contributed by atoms with Gasteiger partial charge in [-0.25, -0.2) is 9.18 Å². The molecule has 0 aliphatic carbocycles. The smallest absolute Gasteiger partial charge is 0.324 e. The van der Waals surface area contributed by atoms with E-state index >= 15 is 0 Å². The Morgan fingerprint density at radius 3 is 2.58 bits per heavy atom. The number of halogens is 1. The van der Waals surface area contributed by atoms with E-state index in [1.54, 1.807) is 4.90 Å². The lowest BCUT2D eigenvalue weighted by Crippen LogP contribution is -2.49. The number of amides is 2. The number of aliphatic carboxylic acids is 1. The molecule has 0 unspecified atom stereocenters. The molecule has 3 heterocycles. The number of urea groups is 1. The molecule has 3 aliphatic rings. The van der Waals surface area contributed by atoms with Crippen LogP contribution in [0, 0.1) is 11.7 Å². The summed E-state index contributed by atoms with van der Waals surface area (Å²) in [5.74, 6) is -1.48. The van der Waals surface area contributed by atoms with Gasteiger partial charge in [0, 0.05) is 45.0 Å². The third kappa shape index (κ3) is 3.09. The summed E-state index contributed by atoms with van der Waals surface area (Å²) in [6.45, 7) is 3.91. The van der Waals surface area contributed by atoms with E-state index < -0.39 is 5.97 Å². The summed E-state index contributed by atoms with van der Waals surface area (Å²) < 4.78 is 14.3. The number of benzene rings is 1. The van der Waals surface area contributed by atoms with Crippen molar-refractivity contribution >= 4 is 23.4 Å². The average Bonchev–Trinajstić information content (AvgIpc) is 2.98. The van der Waals surface area contributed by atoms with Crippen LogP contribution in [0.4, 0.5) is 20.6 Å². The number of nitrogens with zero attached hydrogens (tertiary/aromatic N) is 3. The van der Waals surface area contributed by atoms with Gasteiger partial charge in [-0.05, 0) is 31.0 Å². The zero-order chi connectivity index (χ0) is 18.3. The number of anilines is 2. The highest BCUT2D eigenvalue weighted by Crippen LogP contribution is 2.31. The Balaban J connectivity index is 1.54. The Morgan fingerprint density at radius 1 is 1.15 bits per heavy atom. The van der Waals surface area contributed by atoms with Crippen molar-refractivity contribution in [1.29, 1.82) is 0 Å². The van der Waals surface area contributed by atoms with Gasteiger partial charge in [-0.15, -0.1) is 0 Å². The first-order chi connectivity index (χ1) is 12.5. The Hall–Kier alpha value is -2.35. The van der Waals surface area contributed by atoms with Gasteiger partial charge < -0.3 is 20.2 Å². The Bertz CT molecular complexity index is 720. The molecular weight excluding hydrogens is 339 g/mol. The average molecular weight is 362 g/mol. The SMILES string of the molecule is O=C(O)C1CCN(c2cc(F)cc(N3C[C@@H]4CNCCN4C3=O)c2)CC1. The largest absolute Gasteiger partial charge is 0.481 e. The maximum absolute atomic E-state index is 14.3. The fraction of sp³-hybridized carbons (Fsp3) is 0.556. The van der Waals surface area contributed by atoms with Gasteiger partial charge in [0.05, 0.1) is 17.6 Å². The number of carbonyl (C=O) groups is 2. The van der Waals surface area contributed by atoms with Crippen molar-refractivity contribution in [3.8, 4) is 0 Å². The molecule has 26 heavy (non-hydrogen) atoms. The summed E-state index contributed by atoms with van der Waals surface area (Å²) in [4.78, 5) is 29.3. The molecular formula is C18H23FN4O3. The fourth-order valence-electron chi connectivity index (χ4n) is 4.12. The molecule has 3 saturated heterocycles. The quantitative estimate of drug-likeness (QED) is 0.849. The van der Waals surface area contributed by atoms with Gasteiger partial charge in [-0.3, -0.25) is 9.69 Å². The van der Waals surface area contributed by atoms with Gasteiger partial charge in [0.15, 0.2) is 0 Å². The molecule has 0 bridgehead atoms. The van der Waals surface area contributed by atoms with Crippen molar-refractivity contribution in [2.24, 2.45) is 5.92 Å². The number of carboxylic acids is 1. The highest BCUT2D eigenvalue weighted by atomic mass is 19.1. The normalized spacial score (nSPS) is 24.1. The number of carbonyl (C=O) groups excluding carboxylic acids is 1. The summed E-state index contributed by atoms with van der Waals surface area (Å²) in [5, 5.41) is 12.4. The van der Waals surface area contributed by atoms with Crippen molar-refractivity contribution in [1.82, 2.24) is 10.2 Å². The monoisotopic (exact) mass is 362 g/mol. The topological polar surface area (TPSA) is 76.1 Å². The van der Waals surface area contributed by atoms with E-state index in [1.165, 1.54) is 12.1 Å². The maximum atomic E-state index is 14.3. The Morgan fingerprint density at radius 2 is 1.88 bits per heavy atom. The van der Waals surface area contributed by atoms with Crippen LogP contribution < -0.4 is 15.1 Å². The predicted octanol–water partition coefficient (Wildman–Crippen LogP) is 1.34. The minimum absolute atomic E-state index is 0.0716. The molecule has 8 heteroatoms. The van der Waals surface area contributed by atoms with Gasteiger partial charge in [0.1, 0.15) is 5.82 Å². The molecule has 0 saturated carbocycles. The number of hydrogen-bond acceptors (Lipinski definition) is 4. The van der Waals surface area contributed by atoms with Crippen LogP contribution in [0.1, 0.15) is 12.8 Å². The number of hydrogen-bond donors (Lipinski definition) is 2. The molecule has 1 aromatic rings. The van der Waals surface area contributed by atoms with E-state index in [0.29, 0.717) is 50.4 Å². The molecule has 0 spiro atoms. The first kappa shape index (κ1) is 17.1. The summed E-state index contributed by atoms with van der Waals surface area (Å²) in [5.41, 5.74) is 1.28. The zero-order valence-corrected chi connectivity index (χ0v) is 14.5. The second-order valence-corrected chi connectivity index (χ2v) is 7.21. The number of nitrogens with one attached hydrogen (secondary N) is 1. The molecule has 4 rings (SSSR count). The highest BCUT2D eigenvalue weighted by molar-refractivity contribution is 5.95. The molecule has 2 N–H and O–H groups in total. The van der Waals surface area contributed by atoms with Gasteiger partial charge in [-0.1, -0.05) is 0 Å². The van der Waals surface area contributed by atoms with Crippen LogP contribution >= 0.6 is 0 Å². The van der Waals surface area contributed by atoms with Crippen molar-refractivity contribution in [2.75, 3.05) is 49.1 Å². The molecule has 3 aliphatic heterocycles. The highest BCUT2D eigenvalue weighted by Gasteiger charge is 2.39. The fourth-order valence-corrected chi connectivity index (χ4v) is 4.12. The van der Waals surface area contributed by atoms with E-state index in [9.17, 15) is 14.0 Å². The van der Waals surface area contributed by atoms with Crippen molar-refractivity contribution in [2.45, 2.75) is 18.9 Å². The van der Waals surface area contributed by atoms with Gasteiger partial charge >= 0.3 is 12.0 Å². The standard InChI is InChI=1S/C18H23FN4O3/c19-13-7-14(21-4-1-12(2-5-21)17(24)25)9-15(8-13)23-11-16-10-20-3-6-22(16)18(23)26/h7-9,12,16,20H,1-6,10-11H2,(H,24,25)/t16-/m0/s1. The van der Waals surface area contributed by atoms with Crippen LogP contribution in [0.15, 0.2) is 18.2 Å². The van der Waals surface area contributed by atoms with Gasteiger partial charge in [0.2, 0.25) is 0 Å². The lowest BCUT2D eigenvalue weighted by atomic mass is 9.96. The van der Waals surface area contributed by atoms with Crippen molar-refractivity contribution in [3.63, 3.8) is 0 Å². The summed E-state index contributed by atoms with van der Waals surface area (Å²) >= 11 is 0. The van der Waals surface area contributed by atoms with Crippen LogP contribution in [-0.4, -0.2) is 67.3 Å². The van der Waals surface area contributed by atoms with Crippen molar-refractivity contribution < 1.29 is 19.1 Å². The van der Waals surface area contributed by atoms with E-state index in [-0.39, 0.29) is 23.8 Å². The number of carboxylic acid groups (broad SMARTS) is 1. The second kappa shape index (κ2) is 6.75. The number of rotatable bonds is 3. The lowest BCUT2D eigenvalue weighted by Gasteiger charge is -2.32. The lowest BCUT2D eigenvalue weighted by molar-refractivity contribution is -0.142. The Labute approximate surface area is 151 Å². The van der Waals surface area contributed by atoms with E-state index in [1.807, 2.05) is 15.9 Å². The van der Waals surface area contributed by atoms with Gasteiger partial charge in [-0.2, -0.15) is 0 Å².